The zero-order valence-electron chi connectivity index (χ0n) is 18.4. The Morgan fingerprint density at radius 3 is 2.75 bits per heavy atom. The van der Waals surface area contributed by atoms with Crippen molar-refractivity contribution >= 4 is 34.6 Å². The first-order chi connectivity index (χ1) is 15.6. The van der Waals surface area contributed by atoms with Gasteiger partial charge < -0.3 is 24.8 Å². The zero-order chi connectivity index (χ0) is 22.7. The fourth-order valence-electron chi connectivity index (χ4n) is 4.09. The van der Waals surface area contributed by atoms with Crippen molar-refractivity contribution in [3.63, 3.8) is 0 Å². The number of nitrogens with one attached hydrogen (secondary N) is 2. The van der Waals surface area contributed by atoms with Gasteiger partial charge >= 0.3 is 0 Å². The van der Waals surface area contributed by atoms with E-state index in [9.17, 15) is 4.79 Å². The van der Waals surface area contributed by atoms with Gasteiger partial charge in [0.1, 0.15) is 11.8 Å². The number of pyridine rings is 1. The number of carbonyl (C=O) groups is 1. The maximum absolute atomic E-state index is 11.9. The summed E-state index contributed by atoms with van der Waals surface area (Å²) in [5.41, 5.74) is 3.57. The predicted octanol–water partition coefficient (Wildman–Crippen LogP) is 4.44. The highest BCUT2D eigenvalue weighted by molar-refractivity contribution is 7.80. The quantitative estimate of drug-likeness (QED) is 0.520. The zero-order valence-corrected chi connectivity index (χ0v) is 19.2. The maximum atomic E-state index is 11.9. The highest BCUT2D eigenvalue weighted by Crippen LogP contribution is 2.43. The van der Waals surface area contributed by atoms with Crippen LogP contribution in [0.3, 0.4) is 0 Å². The van der Waals surface area contributed by atoms with Crippen LogP contribution in [0.25, 0.3) is 0 Å². The van der Waals surface area contributed by atoms with Gasteiger partial charge in [-0.25, -0.2) is 0 Å². The number of methoxy groups -OCH3 is 1. The molecule has 2 N–H and O–H groups in total. The van der Waals surface area contributed by atoms with Crippen molar-refractivity contribution in [3.05, 3.63) is 72.3 Å². The molecule has 0 aliphatic carbocycles. The largest absolute Gasteiger partial charge is 0.494 e. The summed E-state index contributed by atoms with van der Waals surface area (Å²) in [6.45, 7) is 4.79. The Balaban J connectivity index is 1.79. The number of carbonyl (C=O) groups excluding carboxylic acids is 1. The van der Waals surface area contributed by atoms with Crippen molar-refractivity contribution in [2.75, 3.05) is 17.3 Å². The van der Waals surface area contributed by atoms with E-state index in [1.807, 2.05) is 43.3 Å². The van der Waals surface area contributed by atoms with Crippen LogP contribution in [0.4, 0.5) is 11.4 Å². The number of hydrogen-bond acceptors (Lipinski definition) is 4. The fraction of sp³-hybridized carbons (Fsp3) is 0.292. The summed E-state index contributed by atoms with van der Waals surface area (Å²) in [7, 11) is 1.59. The van der Waals surface area contributed by atoms with Crippen LogP contribution in [0.5, 0.6) is 5.75 Å². The van der Waals surface area contributed by atoms with Crippen LogP contribution in [0, 0.1) is 0 Å². The van der Waals surface area contributed by atoms with Crippen LogP contribution in [-0.4, -0.2) is 27.7 Å². The van der Waals surface area contributed by atoms with Crippen LogP contribution in [0.1, 0.15) is 43.7 Å². The fourth-order valence-corrected chi connectivity index (χ4v) is 4.43. The molecule has 0 spiro atoms. The molecule has 0 radical (unpaired) electrons. The summed E-state index contributed by atoms with van der Waals surface area (Å²) in [5.74, 6) is 0.515. The van der Waals surface area contributed by atoms with Gasteiger partial charge in [0.2, 0.25) is 5.91 Å². The smallest absolute Gasteiger partial charge is 0.224 e. The summed E-state index contributed by atoms with van der Waals surface area (Å²) in [6.07, 6.45) is 4.27. The van der Waals surface area contributed by atoms with Crippen LogP contribution in [0.2, 0.25) is 0 Å². The van der Waals surface area contributed by atoms with Gasteiger partial charge in [0, 0.05) is 42.8 Å². The van der Waals surface area contributed by atoms with E-state index in [0.29, 0.717) is 23.0 Å². The molecule has 0 bridgehead atoms. The molecule has 1 aliphatic rings. The number of amides is 1. The molecule has 1 aliphatic heterocycles. The summed E-state index contributed by atoms with van der Waals surface area (Å²) in [4.78, 5) is 18.6. The van der Waals surface area contributed by atoms with Gasteiger partial charge in [-0.1, -0.05) is 13.0 Å². The average molecular weight is 450 g/mol. The average Bonchev–Trinajstić information content (AvgIpc) is 3.43. The third kappa shape index (κ3) is 4.05. The lowest BCUT2D eigenvalue weighted by atomic mass is 10.0. The monoisotopic (exact) mass is 449 g/mol. The number of aryl methyl sites for hydroxylation is 1. The van der Waals surface area contributed by atoms with E-state index in [1.165, 1.54) is 0 Å². The van der Waals surface area contributed by atoms with E-state index in [1.54, 1.807) is 13.3 Å². The molecule has 2 aromatic heterocycles. The Hall–Kier alpha value is -3.39. The molecular formula is C24H27N5O2S. The molecule has 8 heteroatoms. The molecule has 1 amide bonds. The standard InChI is InChI=1S/C24H27N5O2S/c1-4-21(30)26-17-12-11-16(15-20(17)31-3)29-23(19-10-8-14-28(19)5-2)22(27-24(29)32)18-9-6-7-13-25-18/h6-15,22-23H,4-5H2,1-3H3,(H,26,30)(H,27,32)/t22-,23+/m1/s1. The Kier molecular flexibility index (Phi) is 6.41. The number of nitrogens with zero attached hydrogens (tertiary/aromatic N) is 3. The van der Waals surface area contributed by atoms with Crippen molar-refractivity contribution in [1.29, 1.82) is 0 Å². The molecule has 3 heterocycles. The first kappa shape index (κ1) is 21.8. The number of thiocarbonyl (C=S) groups is 1. The van der Waals surface area contributed by atoms with Gasteiger partial charge in [-0.3, -0.25) is 9.78 Å². The van der Waals surface area contributed by atoms with Gasteiger partial charge in [-0.2, -0.15) is 0 Å². The van der Waals surface area contributed by atoms with E-state index in [-0.39, 0.29) is 18.0 Å². The lowest BCUT2D eigenvalue weighted by molar-refractivity contribution is -0.115. The minimum absolute atomic E-state index is 0.0664. The molecule has 3 aromatic rings. The molecule has 166 valence electrons. The highest BCUT2D eigenvalue weighted by Gasteiger charge is 2.42. The van der Waals surface area contributed by atoms with Crippen molar-refractivity contribution in [2.45, 2.75) is 38.9 Å². The Morgan fingerprint density at radius 2 is 2.06 bits per heavy atom. The number of hydrogen-bond donors (Lipinski definition) is 2. The first-order valence-corrected chi connectivity index (χ1v) is 11.1. The van der Waals surface area contributed by atoms with Gasteiger partial charge in [0.05, 0.1) is 24.5 Å². The van der Waals surface area contributed by atoms with Crippen molar-refractivity contribution in [2.24, 2.45) is 0 Å². The van der Waals surface area contributed by atoms with E-state index in [0.717, 1.165) is 23.6 Å². The van der Waals surface area contributed by atoms with Gasteiger partial charge in [-0.05, 0) is 55.5 Å². The number of benzene rings is 1. The van der Waals surface area contributed by atoms with Gasteiger partial charge in [0.15, 0.2) is 5.11 Å². The molecule has 7 nitrogen and oxygen atoms in total. The molecule has 4 rings (SSSR count). The van der Waals surface area contributed by atoms with Crippen molar-refractivity contribution in [3.8, 4) is 5.75 Å². The Labute approximate surface area is 193 Å². The van der Waals surface area contributed by atoms with E-state index in [2.05, 4.69) is 50.3 Å². The van der Waals surface area contributed by atoms with Crippen molar-refractivity contribution < 1.29 is 9.53 Å². The number of ether oxygens (including phenoxy) is 1. The third-order valence-electron chi connectivity index (χ3n) is 5.66. The molecule has 0 saturated carbocycles. The summed E-state index contributed by atoms with van der Waals surface area (Å²) < 4.78 is 7.80. The summed E-state index contributed by atoms with van der Waals surface area (Å²) in [6, 6.07) is 15.6. The van der Waals surface area contributed by atoms with Gasteiger partial charge in [0.25, 0.3) is 0 Å². The Morgan fingerprint density at radius 1 is 1.22 bits per heavy atom. The predicted molar refractivity (Wildman–Crippen MR) is 130 cm³/mol. The molecular weight excluding hydrogens is 422 g/mol. The second-order valence-corrected chi connectivity index (χ2v) is 7.89. The lowest BCUT2D eigenvalue weighted by Gasteiger charge is -2.29. The van der Waals surface area contributed by atoms with E-state index < -0.39 is 0 Å². The van der Waals surface area contributed by atoms with Crippen LogP contribution in [-0.2, 0) is 11.3 Å². The first-order valence-electron chi connectivity index (χ1n) is 10.7. The Bertz CT molecular complexity index is 1110. The molecule has 32 heavy (non-hydrogen) atoms. The second kappa shape index (κ2) is 9.40. The lowest BCUT2D eigenvalue weighted by Crippen LogP contribution is -2.30. The van der Waals surface area contributed by atoms with Crippen molar-refractivity contribution in [1.82, 2.24) is 14.9 Å². The number of anilines is 2. The second-order valence-electron chi connectivity index (χ2n) is 7.50. The number of aromatic nitrogens is 2. The van der Waals surface area contributed by atoms with Crippen LogP contribution in [0.15, 0.2) is 60.9 Å². The highest BCUT2D eigenvalue weighted by atomic mass is 32.1. The molecule has 0 unspecified atom stereocenters. The minimum atomic E-state index is -0.116. The molecule has 1 saturated heterocycles. The SMILES string of the molecule is CCC(=O)Nc1ccc(N2C(=S)N[C@H](c3ccccn3)[C@@H]2c2cccn2CC)cc1OC. The van der Waals surface area contributed by atoms with Crippen LogP contribution < -0.4 is 20.3 Å². The van der Waals surface area contributed by atoms with Gasteiger partial charge in [-0.15, -0.1) is 0 Å². The van der Waals surface area contributed by atoms with E-state index in [4.69, 9.17) is 17.0 Å². The number of rotatable bonds is 7. The molecule has 1 aromatic carbocycles. The summed E-state index contributed by atoms with van der Waals surface area (Å²) >= 11 is 5.80. The maximum Gasteiger partial charge on any atom is 0.224 e. The van der Waals surface area contributed by atoms with Crippen LogP contribution >= 0.6 is 12.2 Å². The minimum Gasteiger partial charge on any atom is -0.494 e. The normalized spacial score (nSPS) is 17.8. The molecule has 2 atom stereocenters. The third-order valence-corrected chi connectivity index (χ3v) is 5.98. The topological polar surface area (TPSA) is 71.4 Å². The summed E-state index contributed by atoms with van der Waals surface area (Å²) in [5, 5.41) is 6.97. The molecule has 1 fully saturated rings. The van der Waals surface area contributed by atoms with E-state index >= 15 is 0 Å².